The van der Waals surface area contributed by atoms with Gasteiger partial charge >= 0.3 is 0 Å². The first-order valence-corrected chi connectivity index (χ1v) is 11.0. The van der Waals surface area contributed by atoms with Gasteiger partial charge in [-0.25, -0.2) is 0 Å². The summed E-state index contributed by atoms with van der Waals surface area (Å²) in [7, 11) is 0. The third-order valence-corrected chi connectivity index (χ3v) is 6.43. The number of benzene rings is 1. The van der Waals surface area contributed by atoms with Crippen LogP contribution in [0.15, 0.2) is 29.2 Å². The Morgan fingerprint density at radius 1 is 1.22 bits per heavy atom. The molecule has 2 aliphatic rings. The summed E-state index contributed by atoms with van der Waals surface area (Å²) in [4.78, 5) is 29.4. The van der Waals surface area contributed by atoms with Crippen LogP contribution in [0.25, 0.3) is 0 Å². The van der Waals surface area contributed by atoms with Crippen molar-refractivity contribution in [3.8, 4) is 0 Å². The number of nitrogens with zero attached hydrogens (tertiary/aromatic N) is 2. The van der Waals surface area contributed by atoms with Gasteiger partial charge in [-0.15, -0.1) is 0 Å². The number of nitrogens with one attached hydrogen (secondary N) is 1. The molecule has 148 valence electrons. The molecule has 2 aliphatic heterocycles. The molecule has 0 spiro atoms. The molecule has 0 saturated carbocycles. The number of carbonyl (C=O) groups is 2. The summed E-state index contributed by atoms with van der Waals surface area (Å²) in [5, 5.41) is 2.72. The number of hydrogen-bond donors (Lipinski definition) is 1. The number of likely N-dealkylation sites (tertiary alicyclic amines) is 1. The summed E-state index contributed by atoms with van der Waals surface area (Å²) < 4.78 is 25.4. The molecule has 0 aromatic heterocycles. The van der Waals surface area contributed by atoms with Crippen molar-refractivity contribution in [3.63, 3.8) is 0 Å². The summed E-state index contributed by atoms with van der Waals surface area (Å²) in [5.74, 6) is -0.818. The number of alkyl halides is 2. The number of para-hydroxylation sites is 1. The fourth-order valence-electron chi connectivity index (χ4n) is 3.43. The highest BCUT2D eigenvalue weighted by atomic mass is 32.2. The van der Waals surface area contributed by atoms with Gasteiger partial charge in [0.1, 0.15) is 0 Å². The maximum Gasteiger partial charge on any atom is 0.288 e. The van der Waals surface area contributed by atoms with Crippen molar-refractivity contribution >= 4 is 41.0 Å². The van der Waals surface area contributed by atoms with Gasteiger partial charge in [-0.1, -0.05) is 23.9 Å². The van der Waals surface area contributed by atoms with Crippen molar-refractivity contribution in [1.82, 2.24) is 9.80 Å². The van der Waals surface area contributed by atoms with Crippen molar-refractivity contribution < 1.29 is 18.4 Å². The fraction of sp³-hybridized carbons (Fsp3) is 0.556. The van der Waals surface area contributed by atoms with E-state index in [2.05, 4.69) is 5.32 Å². The van der Waals surface area contributed by atoms with Crippen molar-refractivity contribution in [3.05, 3.63) is 24.3 Å². The Balaban J connectivity index is 1.59. The van der Waals surface area contributed by atoms with Crippen LogP contribution in [0.1, 0.15) is 12.8 Å². The molecule has 2 fully saturated rings. The number of thioether (sulfide) groups is 2. The van der Waals surface area contributed by atoms with Gasteiger partial charge in [0.15, 0.2) is 0 Å². The number of halogens is 2. The third kappa shape index (κ3) is 5.58. The molecule has 5 nitrogen and oxygen atoms in total. The van der Waals surface area contributed by atoms with Crippen LogP contribution in [0.4, 0.5) is 14.5 Å². The Bertz CT molecular complexity index is 672. The Labute approximate surface area is 166 Å². The van der Waals surface area contributed by atoms with Crippen LogP contribution in [-0.4, -0.2) is 71.1 Å². The van der Waals surface area contributed by atoms with E-state index in [1.165, 1.54) is 0 Å². The maximum absolute atomic E-state index is 12.8. The smallest absolute Gasteiger partial charge is 0.288 e. The summed E-state index contributed by atoms with van der Waals surface area (Å²) in [6, 6.07) is 6.27. The zero-order valence-corrected chi connectivity index (χ0v) is 16.5. The second-order valence-electron chi connectivity index (χ2n) is 6.49. The highest BCUT2D eigenvalue weighted by Crippen LogP contribution is 2.31. The summed E-state index contributed by atoms with van der Waals surface area (Å²) in [6.45, 7) is 2.31. The Hall–Kier alpha value is -1.32. The molecule has 0 radical (unpaired) electrons. The largest absolute Gasteiger partial charge is 0.340 e. The van der Waals surface area contributed by atoms with Gasteiger partial charge in [0, 0.05) is 29.5 Å². The molecule has 1 aromatic rings. The van der Waals surface area contributed by atoms with Crippen molar-refractivity contribution in [2.45, 2.75) is 29.5 Å². The summed E-state index contributed by atoms with van der Waals surface area (Å²) in [5.41, 5.74) is 0.378. The number of rotatable bonds is 6. The molecular formula is C18H23F2N3O2S2. The monoisotopic (exact) mass is 415 g/mol. The Morgan fingerprint density at radius 3 is 2.70 bits per heavy atom. The van der Waals surface area contributed by atoms with E-state index < -0.39 is 5.76 Å². The van der Waals surface area contributed by atoms with Gasteiger partial charge in [-0.2, -0.15) is 20.5 Å². The van der Waals surface area contributed by atoms with Gasteiger partial charge in [-0.3, -0.25) is 14.5 Å². The fourth-order valence-corrected chi connectivity index (χ4v) is 4.93. The molecule has 27 heavy (non-hydrogen) atoms. The minimum absolute atomic E-state index is 0.0900. The van der Waals surface area contributed by atoms with Crippen LogP contribution in [0.2, 0.25) is 0 Å². The van der Waals surface area contributed by atoms with E-state index in [0.29, 0.717) is 28.9 Å². The van der Waals surface area contributed by atoms with Crippen molar-refractivity contribution in [2.75, 3.05) is 43.0 Å². The van der Waals surface area contributed by atoms with E-state index in [4.69, 9.17) is 0 Å². The highest BCUT2D eigenvalue weighted by molar-refractivity contribution is 7.99. The average molecular weight is 416 g/mol. The second kappa shape index (κ2) is 9.75. The quantitative estimate of drug-likeness (QED) is 0.724. The van der Waals surface area contributed by atoms with Gasteiger partial charge in [0.2, 0.25) is 11.8 Å². The predicted molar refractivity (Wildman–Crippen MR) is 105 cm³/mol. The molecule has 9 heteroatoms. The highest BCUT2D eigenvalue weighted by Gasteiger charge is 2.35. The van der Waals surface area contributed by atoms with Gasteiger partial charge < -0.3 is 10.2 Å². The lowest BCUT2D eigenvalue weighted by Crippen LogP contribution is -2.49. The molecule has 0 bridgehead atoms. The van der Waals surface area contributed by atoms with Crippen LogP contribution < -0.4 is 5.32 Å². The zero-order valence-electron chi connectivity index (χ0n) is 14.9. The van der Waals surface area contributed by atoms with Crippen LogP contribution in [0.5, 0.6) is 0 Å². The molecule has 1 N–H and O–H groups in total. The van der Waals surface area contributed by atoms with Crippen LogP contribution in [0, 0.1) is 0 Å². The van der Waals surface area contributed by atoms with Crippen molar-refractivity contribution in [2.24, 2.45) is 0 Å². The molecule has 2 saturated heterocycles. The normalized spacial score (nSPS) is 20.9. The number of amides is 2. The van der Waals surface area contributed by atoms with Gasteiger partial charge in [0.25, 0.3) is 5.76 Å². The lowest BCUT2D eigenvalue weighted by Gasteiger charge is -2.32. The molecule has 3 rings (SSSR count). The van der Waals surface area contributed by atoms with E-state index >= 15 is 0 Å². The minimum Gasteiger partial charge on any atom is -0.340 e. The predicted octanol–water partition coefficient (Wildman–Crippen LogP) is 2.98. The molecule has 0 aliphatic carbocycles. The van der Waals surface area contributed by atoms with Gasteiger partial charge in [-0.05, 0) is 31.5 Å². The van der Waals surface area contributed by atoms with E-state index in [9.17, 15) is 18.4 Å². The van der Waals surface area contributed by atoms with Crippen LogP contribution in [-0.2, 0) is 9.59 Å². The molecule has 1 atom stereocenters. The average Bonchev–Trinajstić information content (AvgIpc) is 3.11. The first kappa shape index (κ1) is 20.4. The topological polar surface area (TPSA) is 52.7 Å². The van der Waals surface area contributed by atoms with E-state index in [1.54, 1.807) is 24.3 Å². The summed E-state index contributed by atoms with van der Waals surface area (Å²) >= 11 is 2.26. The third-order valence-electron chi connectivity index (χ3n) is 4.70. The Morgan fingerprint density at radius 2 is 1.96 bits per heavy atom. The SMILES string of the molecule is O=C(CN1CCCC1C(=O)N1CCSCC1)Nc1ccccc1SC(F)F. The first-order chi connectivity index (χ1) is 13.0. The maximum atomic E-state index is 12.8. The summed E-state index contributed by atoms with van der Waals surface area (Å²) in [6.07, 6.45) is 1.64. The van der Waals surface area contributed by atoms with Crippen LogP contribution >= 0.6 is 23.5 Å². The van der Waals surface area contributed by atoms with Crippen molar-refractivity contribution in [1.29, 1.82) is 0 Å². The lowest BCUT2D eigenvalue weighted by atomic mass is 10.2. The first-order valence-electron chi connectivity index (χ1n) is 8.99. The van der Waals surface area contributed by atoms with Crippen LogP contribution in [0.3, 0.4) is 0 Å². The molecule has 2 heterocycles. The standard InChI is InChI=1S/C18H23F2N3O2S2/c19-18(20)27-15-6-2-1-4-13(15)21-16(24)12-23-7-3-5-14(23)17(25)22-8-10-26-11-9-22/h1-2,4,6,14,18H,3,5,7-12H2,(H,21,24). The lowest BCUT2D eigenvalue weighted by molar-refractivity contribution is -0.136. The number of hydrogen-bond acceptors (Lipinski definition) is 5. The molecule has 1 unspecified atom stereocenters. The van der Waals surface area contributed by atoms with E-state index in [-0.39, 0.29) is 24.4 Å². The Kier molecular flexibility index (Phi) is 7.37. The van der Waals surface area contributed by atoms with E-state index in [1.807, 2.05) is 21.6 Å². The minimum atomic E-state index is -2.55. The molecule has 1 aromatic carbocycles. The number of anilines is 1. The molecule has 2 amide bonds. The molecular weight excluding hydrogens is 392 g/mol. The van der Waals surface area contributed by atoms with E-state index in [0.717, 1.165) is 37.4 Å². The number of carbonyl (C=O) groups excluding carboxylic acids is 2. The van der Waals surface area contributed by atoms with Gasteiger partial charge in [0.05, 0.1) is 18.3 Å². The second-order valence-corrected chi connectivity index (χ2v) is 8.75. The zero-order chi connectivity index (χ0) is 19.2.